The van der Waals surface area contributed by atoms with Crippen LogP contribution in [-0.2, 0) is 16.1 Å². The molecule has 0 aliphatic rings. The molecule has 0 bridgehead atoms. The zero-order chi connectivity index (χ0) is 16.8. The molecule has 23 heavy (non-hydrogen) atoms. The van der Waals surface area contributed by atoms with Gasteiger partial charge in [0.25, 0.3) is 5.91 Å². The summed E-state index contributed by atoms with van der Waals surface area (Å²) in [5, 5.41) is 3.10. The first kappa shape index (κ1) is 17.2. The Labute approximate surface area is 142 Å². The summed E-state index contributed by atoms with van der Waals surface area (Å²) in [6.45, 7) is -0.239. The third-order valence-electron chi connectivity index (χ3n) is 2.89. The summed E-state index contributed by atoms with van der Waals surface area (Å²) >= 11 is 11.6. The van der Waals surface area contributed by atoms with Gasteiger partial charge in [0.2, 0.25) is 0 Å². The van der Waals surface area contributed by atoms with E-state index in [1.165, 1.54) is 30.3 Å². The van der Waals surface area contributed by atoms with E-state index < -0.39 is 18.5 Å². The van der Waals surface area contributed by atoms with Crippen molar-refractivity contribution in [3.8, 4) is 0 Å². The van der Waals surface area contributed by atoms with Crippen LogP contribution in [0.3, 0.4) is 0 Å². The van der Waals surface area contributed by atoms with Gasteiger partial charge in [-0.05, 0) is 35.9 Å². The maximum atomic E-state index is 12.8. The highest BCUT2D eigenvalue weighted by Crippen LogP contribution is 2.21. The zero-order valence-electron chi connectivity index (χ0n) is 11.8. The van der Waals surface area contributed by atoms with Gasteiger partial charge in [-0.1, -0.05) is 35.3 Å². The molecule has 0 unspecified atom stereocenters. The van der Waals surface area contributed by atoms with Crippen LogP contribution in [0.5, 0.6) is 0 Å². The van der Waals surface area contributed by atoms with Crippen molar-refractivity contribution in [2.75, 3.05) is 6.61 Å². The number of nitrogens with one attached hydrogen (secondary N) is 1. The molecule has 1 amide bonds. The van der Waals surface area contributed by atoms with Gasteiger partial charge in [-0.3, -0.25) is 4.79 Å². The van der Waals surface area contributed by atoms with Crippen LogP contribution in [0.1, 0.15) is 15.9 Å². The monoisotopic (exact) mass is 355 g/mol. The van der Waals surface area contributed by atoms with E-state index >= 15 is 0 Å². The Balaban J connectivity index is 1.81. The van der Waals surface area contributed by atoms with Crippen molar-refractivity contribution in [1.82, 2.24) is 5.32 Å². The molecule has 0 radical (unpaired) electrons. The smallest absolute Gasteiger partial charge is 0.340 e. The molecule has 0 aliphatic carbocycles. The molecule has 2 aromatic carbocycles. The molecule has 0 spiro atoms. The lowest BCUT2D eigenvalue weighted by atomic mass is 10.2. The van der Waals surface area contributed by atoms with Gasteiger partial charge in [0.15, 0.2) is 6.61 Å². The van der Waals surface area contributed by atoms with Crippen molar-refractivity contribution in [3.63, 3.8) is 0 Å². The van der Waals surface area contributed by atoms with Crippen LogP contribution >= 0.6 is 23.2 Å². The highest BCUT2D eigenvalue weighted by molar-refractivity contribution is 6.36. The molecule has 4 nitrogen and oxygen atoms in total. The van der Waals surface area contributed by atoms with Gasteiger partial charge in [0, 0.05) is 11.6 Å². The lowest BCUT2D eigenvalue weighted by molar-refractivity contribution is -0.124. The van der Waals surface area contributed by atoms with Crippen LogP contribution in [0.4, 0.5) is 4.39 Å². The molecule has 0 saturated carbocycles. The highest BCUT2D eigenvalue weighted by atomic mass is 35.5. The Hall–Kier alpha value is -2.11. The van der Waals surface area contributed by atoms with E-state index in [1.54, 1.807) is 12.1 Å². The molecular formula is C16H12Cl2FNO3. The number of esters is 1. The molecule has 0 saturated heterocycles. The predicted octanol–water partition coefficient (Wildman–Crippen LogP) is 3.61. The van der Waals surface area contributed by atoms with Crippen molar-refractivity contribution in [1.29, 1.82) is 0 Å². The second-order valence-electron chi connectivity index (χ2n) is 4.60. The van der Waals surface area contributed by atoms with E-state index in [1.807, 2.05) is 0 Å². The first-order valence-corrected chi connectivity index (χ1v) is 7.34. The lowest BCUT2D eigenvalue weighted by Crippen LogP contribution is -2.28. The number of ether oxygens (including phenoxy) is 1. The second kappa shape index (κ2) is 7.94. The first-order valence-electron chi connectivity index (χ1n) is 6.59. The zero-order valence-corrected chi connectivity index (χ0v) is 13.3. The maximum Gasteiger partial charge on any atom is 0.340 e. The number of halogens is 3. The SMILES string of the molecule is O=C(COC(=O)c1ccc(Cl)cc1Cl)NCc1ccc(F)cc1. The molecule has 1 N–H and O–H groups in total. The molecule has 0 heterocycles. The number of hydrogen-bond acceptors (Lipinski definition) is 3. The number of amides is 1. The summed E-state index contributed by atoms with van der Waals surface area (Å²) < 4.78 is 17.6. The van der Waals surface area contributed by atoms with Gasteiger partial charge in [-0.15, -0.1) is 0 Å². The van der Waals surface area contributed by atoms with Gasteiger partial charge in [0.05, 0.1) is 10.6 Å². The summed E-state index contributed by atoms with van der Waals surface area (Å²) in [5.74, 6) is -1.55. The molecule has 0 aromatic heterocycles. The number of rotatable bonds is 5. The van der Waals surface area contributed by atoms with E-state index in [0.29, 0.717) is 5.02 Å². The van der Waals surface area contributed by atoms with Crippen LogP contribution in [-0.4, -0.2) is 18.5 Å². The number of benzene rings is 2. The van der Waals surface area contributed by atoms with Crippen LogP contribution in [0.25, 0.3) is 0 Å². The minimum Gasteiger partial charge on any atom is -0.452 e. The van der Waals surface area contributed by atoms with Crippen LogP contribution in [0.2, 0.25) is 10.0 Å². The Kier molecular flexibility index (Phi) is 5.96. The Bertz CT molecular complexity index is 720. The van der Waals surface area contributed by atoms with E-state index in [4.69, 9.17) is 27.9 Å². The topological polar surface area (TPSA) is 55.4 Å². The van der Waals surface area contributed by atoms with Gasteiger partial charge >= 0.3 is 5.97 Å². The van der Waals surface area contributed by atoms with Crippen molar-refractivity contribution < 1.29 is 18.7 Å². The number of carbonyl (C=O) groups excluding carboxylic acids is 2. The van der Waals surface area contributed by atoms with Gasteiger partial charge < -0.3 is 10.1 Å². The molecule has 2 aromatic rings. The fourth-order valence-electron chi connectivity index (χ4n) is 1.72. The molecule has 120 valence electrons. The lowest BCUT2D eigenvalue weighted by Gasteiger charge is -2.08. The van der Waals surface area contributed by atoms with E-state index in [2.05, 4.69) is 5.32 Å². The minimum absolute atomic E-state index is 0.127. The standard InChI is InChI=1S/C16H12Cl2FNO3/c17-11-3-6-13(14(18)7-11)16(22)23-9-15(21)20-8-10-1-4-12(19)5-2-10/h1-7H,8-9H2,(H,20,21). The Morgan fingerprint density at radius 3 is 2.43 bits per heavy atom. The van der Waals surface area contributed by atoms with Crippen LogP contribution in [0.15, 0.2) is 42.5 Å². The highest BCUT2D eigenvalue weighted by Gasteiger charge is 2.14. The predicted molar refractivity (Wildman–Crippen MR) is 85.0 cm³/mol. The third-order valence-corrected chi connectivity index (χ3v) is 3.44. The summed E-state index contributed by atoms with van der Waals surface area (Å²) in [5.41, 5.74) is 0.856. The van der Waals surface area contributed by atoms with Gasteiger partial charge in [0.1, 0.15) is 5.82 Å². The maximum absolute atomic E-state index is 12.8. The fraction of sp³-hybridized carbons (Fsp3) is 0.125. The van der Waals surface area contributed by atoms with Crippen LogP contribution in [0, 0.1) is 5.82 Å². The van der Waals surface area contributed by atoms with Gasteiger partial charge in [-0.2, -0.15) is 0 Å². The summed E-state index contributed by atoms with van der Waals surface area (Å²) in [7, 11) is 0. The molecule has 0 aliphatic heterocycles. The molecular weight excluding hydrogens is 344 g/mol. The van der Waals surface area contributed by atoms with Crippen molar-refractivity contribution in [2.24, 2.45) is 0 Å². The molecule has 2 rings (SSSR count). The van der Waals surface area contributed by atoms with Gasteiger partial charge in [-0.25, -0.2) is 9.18 Å². The summed E-state index contributed by atoms with van der Waals surface area (Å²) in [6.07, 6.45) is 0. The normalized spacial score (nSPS) is 10.2. The molecule has 7 heteroatoms. The Morgan fingerprint density at radius 2 is 1.78 bits per heavy atom. The van der Waals surface area contributed by atoms with Crippen molar-refractivity contribution in [3.05, 3.63) is 69.5 Å². The minimum atomic E-state index is -0.719. The van der Waals surface area contributed by atoms with E-state index in [0.717, 1.165) is 5.56 Å². The number of hydrogen-bond donors (Lipinski definition) is 1. The Morgan fingerprint density at radius 1 is 1.09 bits per heavy atom. The van der Waals surface area contributed by atoms with Crippen molar-refractivity contribution in [2.45, 2.75) is 6.54 Å². The summed E-state index contributed by atoms with van der Waals surface area (Å²) in [4.78, 5) is 23.5. The average molecular weight is 356 g/mol. The van der Waals surface area contributed by atoms with E-state index in [9.17, 15) is 14.0 Å². The quantitative estimate of drug-likeness (QED) is 0.833. The third kappa shape index (κ3) is 5.23. The second-order valence-corrected chi connectivity index (χ2v) is 5.45. The largest absolute Gasteiger partial charge is 0.452 e. The first-order chi connectivity index (χ1) is 11.0. The van der Waals surface area contributed by atoms with Crippen LogP contribution < -0.4 is 5.32 Å². The van der Waals surface area contributed by atoms with E-state index in [-0.39, 0.29) is 22.9 Å². The molecule has 0 fully saturated rings. The number of carbonyl (C=O) groups is 2. The van der Waals surface area contributed by atoms with Crippen molar-refractivity contribution >= 4 is 35.1 Å². The summed E-state index contributed by atoms with van der Waals surface area (Å²) in [6, 6.07) is 10.0. The molecule has 0 atom stereocenters. The fourth-order valence-corrected chi connectivity index (χ4v) is 2.20. The average Bonchev–Trinajstić information content (AvgIpc) is 2.52.